The molecule has 4 heteroatoms. The van der Waals surface area contributed by atoms with E-state index in [4.69, 9.17) is 4.74 Å². The van der Waals surface area contributed by atoms with Crippen LogP contribution in [0.15, 0.2) is 24.3 Å². The number of rotatable bonds is 4. The van der Waals surface area contributed by atoms with Crippen molar-refractivity contribution in [1.29, 1.82) is 0 Å². The zero-order valence-corrected chi connectivity index (χ0v) is 10.7. The largest absolute Gasteiger partial charge is 0.491 e. The third-order valence-corrected chi connectivity index (χ3v) is 2.04. The van der Waals surface area contributed by atoms with Crippen LogP contribution in [0.1, 0.15) is 27.7 Å². The fourth-order valence-electron chi connectivity index (χ4n) is 1.17. The van der Waals surface area contributed by atoms with Crippen molar-refractivity contribution < 1.29 is 14.6 Å². The average Bonchev–Trinajstić information content (AvgIpc) is 2.18. The molecule has 0 aliphatic rings. The quantitative estimate of drug-likeness (QED) is 0.843. The van der Waals surface area contributed by atoms with Crippen LogP contribution in [0.5, 0.6) is 5.75 Å². The van der Waals surface area contributed by atoms with Gasteiger partial charge in [0, 0.05) is 5.69 Å². The van der Waals surface area contributed by atoms with Gasteiger partial charge in [0.2, 0.25) is 0 Å². The number of carbonyl (C=O) groups excluding carboxylic acids is 1. The zero-order valence-electron chi connectivity index (χ0n) is 10.7. The lowest BCUT2D eigenvalue weighted by Gasteiger charge is -2.17. The van der Waals surface area contributed by atoms with Crippen LogP contribution in [-0.2, 0) is 4.79 Å². The second kappa shape index (κ2) is 5.19. The van der Waals surface area contributed by atoms with Crippen LogP contribution in [0.3, 0.4) is 0 Å². The second-order valence-electron chi connectivity index (χ2n) is 4.70. The van der Waals surface area contributed by atoms with Gasteiger partial charge in [-0.25, -0.2) is 0 Å². The molecule has 0 heterocycles. The number of benzene rings is 1. The molecule has 0 saturated heterocycles. The van der Waals surface area contributed by atoms with Gasteiger partial charge in [-0.15, -0.1) is 0 Å². The molecule has 0 aliphatic heterocycles. The maximum atomic E-state index is 11.5. The molecule has 0 fully saturated rings. The van der Waals surface area contributed by atoms with E-state index in [1.165, 1.54) is 13.8 Å². The highest BCUT2D eigenvalue weighted by molar-refractivity contribution is 5.96. The van der Waals surface area contributed by atoms with Crippen LogP contribution in [0.25, 0.3) is 0 Å². The summed E-state index contributed by atoms with van der Waals surface area (Å²) in [5.41, 5.74) is -0.749. The Morgan fingerprint density at radius 3 is 2.24 bits per heavy atom. The summed E-state index contributed by atoms with van der Waals surface area (Å²) in [6.45, 7) is 6.78. The Balaban J connectivity index is 2.66. The van der Waals surface area contributed by atoms with E-state index in [2.05, 4.69) is 5.32 Å². The van der Waals surface area contributed by atoms with Crippen LogP contribution >= 0.6 is 0 Å². The smallest absolute Gasteiger partial charge is 0.255 e. The number of aliphatic hydroxyl groups is 1. The molecular formula is C13H19NO3. The van der Waals surface area contributed by atoms with Crippen LogP contribution in [0.2, 0.25) is 0 Å². The van der Waals surface area contributed by atoms with Gasteiger partial charge in [-0.2, -0.15) is 0 Å². The van der Waals surface area contributed by atoms with Crippen molar-refractivity contribution >= 4 is 11.6 Å². The highest BCUT2D eigenvalue weighted by Gasteiger charge is 2.23. The Morgan fingerprint density at radius 2 is 1.82 bits per heavy atom. The van der Waals surface area contributed by atoms with E-state index in [9.17, 15) is 9.90 Å². The number of hydrogen-bond acceptors (Lipinski definition) is 3. The molecule has 1 aromatic rings. The lowest BCUT2D eigenvalue weighted by atomic mass is 10.1. The summed E-state index contributed by atoms with van der Waals surface area (Å²) < 4.78 is 5.48. The lowest BCUT2D eigenvalue weighted by molar-refractivity contribution is -0.130. The minimum atomic E-state index is -1.38. The first-order chi connectivity index (χ1) is 7.79. The van der Waals surface area contributed by atoms with Gasteiger partial charge in [0.05, 0.1) is 6.10 Å². The molecule has 0 aromatic heterocycles. The predicted molar refractivity (Wildman–Crippen MR) is 67.1 cm³/mol. The van der Waals surface area contributed by atoms with Crippen molar-refractivity contribution in [3.05, 3.63) is 24.3 Å². The number of ether oxygens (including phenoxy) is 1. The number of anilines is 1. The molecular weight excluding hydrogens is 218 g/mol. The van der Waals surface area contributed by atoms with Gasteiger partial charge in [-0.3, -0.25) is 4.79 Å². The monoisotopic (exact) mass is 237 g/mol. The number of carbonyl (C=O) groups is 1. The fourth-order valence-corrected chi connectivity index (χ4v) is 1.17. The van der Waals surface area contributed by atoms with Crippen molar-refractivity contribution in [2.75, 3.05) is 5.32 Å². The molecule has 1 amide bonds. The van der Waals surface area contributed by atoms with E-state index in [-0.39, 0.29) is 6.10 Å². The molecule has 0 radical (unpaired) electrons. The topological polar surface area (TPSA) is 58.6 Å². The van der Waals surface area contributed by atoms with Crippen LogP contribution in [0, 0.1) is 0 Å². The number of nitrogens with one attached hydrogen (secondary N) is 1. The minimum absolute atomic E-state index is 0.117. The van der Waals surface area contributed by atoms with Crippen molar-refractivity contribution in [2.24, 2.45) is 0 Å². The van der Waals surface area contributed by atoms with Crippen LogP contribution in [0.4, 0.5) is 5.69 Å². The van der Waals surface area contributed by atoms with Crippen molar-refractivity contribution in [3.8, 4) is 5.75 Å². The van der Waals surface area contributed by atoms with E-state index in [0.717, 1.165) is 5.75 Å². The molecule has 0 unspecified atom stereocenters. The first-order valence-electron chi connectivity index (χ1n) is 5.59. The van der Waals surface area contributed by atoms with E-state index in [0.29, 0.717) is 5.69 Å². The van der Waals surface area contributed by atoms with Crippen LogP contribution < -0.4 is 10.1 Å². The maximum absolute atomic E-state index is 11.5. The Morgan fingerprint density at radius 1 is 1.29 bits per heavy atom. The molecule has 2 N–H and O–H groups in total. The minimum Gasteiger partial charge on any atom is -0.491 e. The van der Waals surface area contributed by atoms with Gasteiger partial charge >= 0.3 is 0 Å². The summed E-state index contributed by atoms with van der Waals surface area (Å²) >= 11 is 0. The van der Waals surface area contributed by atoms with E-state index < -0.39 is 11.5 Å². The van der Waals surface area contributed by atoms with Gasteiger partial charge in [0.15, 0.2) is 0 Å². The molecule has 0 atom stereocenters. The summed E-state index contributed by atoms with van der Waals surface area (Å²) in [6.07, 6.45) is 0.117. The zero-order chi connectivity index (χ0) is 13.1. The predicted octanol–water partition coefficient (Wildman–Crippen LogP) is 2.18. The highest BCUT2D eigenvalue weighted by atomic mass is 16.5. The molecule has 0 aliphatic carbocycles. The fraction of sp³-hybridized carbons (Fsp3) is 0.462. The Labute approximate surface area is 102 Å². The van der Waals surface area contributed by atoms with E-state index in [1.54, 1.807) is 24.3 Å². The molecule has 1 aromatic carbocycles. The first kappa shape index (κ1) is 13.5. The van der Waals surface area contributed by atoms with E-state index in [1.807, 2.05) is 13.8 Å². The standard InChI is InChI=1S/C13H19NO3/c1-9(2)17-11-7-5-10(6-8-11)14-12(15)13(3,4)16/h5-9,16H,1-4H3,(H,14,15). The molecule has 17 heavy (non-hydrogen) atoms. The SMILES string of the molecule is CC(C)Oc1ccc(NC(=O)C(C)(C)O)cc1. The highest BCUT2D eigenvalue weighted by Crippen LogP contribution is 2.17. The molecule has 1 rings (SSSR count). The normalized spacial score (nSPS) is 11.4. The summed E-state index contributed by atoms with van der Waals surface area (Å²) in [4.78, 5) is 11.5. The van der Waals surface area contributed by atoms with Gasteiger partial charge in [0.1, 0.15) is 11.4 Å². The van der Waals surface area contributed by atoms with Gasteiger partial charge in [-0.1, -0.05) is 0 Å². The molecule has 0 saturated carbocycles. The van der Waals surface area contributed by atoms with Crippen LogP contribution in [-0.4, -0.2) is 22.7 Å². The van der Waals surface area contributed by atoms with Gasteiger partial charge in [-0.05, 0) is 52.0 Å². The molecule has 0 bridgehead atoms. The summed E-state index contributed by atoms with van der Waals surface area (Å²) in [6, 6.07) is 7.03. The number of hydrogen-bond donors (Lipinski definition) is 2. The third kappa shape index (κ3) is 4.44. The third-order valence-electron chi connectivity index (χ3n) is 2.04. The van der Waals surface area contributed by atoms with E-state index >= 15 is 0 Å². The summed E-state index contributed by atoms with van der Waals surface area (Å²) in [5, 5.41) is 12.1. The Kier molecular flexibility index (Phi) is 4.12. The van der Waals surface area contributed by atoms with Crippen molar-refractivity contribution in [2.45, 2.75) is 39.4 Å². The van der Waals surface area contributed by atoms with Crippen molar-refractivity contribution in [3.63, 3.8) is 0 Å². The van der Waals surface area contributed by atoms with Gasteiger partial charge < -0.3 is 15.2 Å². The second-order valence-corrected chi connectivity index (χ2v) is 4.70. The van der Waals surface area contributed by atoms with Gasteiger partial charge in [0.25, 0.3) is 5.91 Å². The molecule has 4 nitrogen and oxygen atoms in total. The first-order valence-corrected chi connectivity index (χ1v) is 5.59. The summed E-state index contributed by atoms with van der Waals surface area (Å²) in [7, 11) is 0. The molecule has 0 spiro atoms. The maximum Gasteiger partial charge on any atom is 0.255 e. The number of amides is 1. The average molecular weight is 237 g/mol. The van der Waals surface area contributed by atoms with Crippen molar-refractivity contribution in [1.82, 2.24) is 0 Å². The Bertz CT molecular complexity index is 377. The summed E-state index contributed by atoms with van der Waals surface area (Å²) in [5.74, 6) is 0.316. The Hall–Kier alpha value is -1.55. The lowest BCUT2D eigenvalue weighted by Crippen LogP contribution is -2.36. The molecule has 94 valence electrons.